The number of aliphatic hydroxyl groups is 1. The van der Waals surface area contributed by atoms with E-state index in [1.54, 1.807) is 0 Å². The van der Waals surface area contributed by atoms with Crippen LogP contribution in [-0.2, 0) is 0 Å². The van der Waals surface area contributed by atoms with Crippen LogP contribution in [0.4, 0.5) is 5.69 Å². The molecular weight excluding hydrogens is 210 g/mol. The van der Waals surface area contributed by atoms with Crippen LogP contribution in [0.2, 0.25) is 0 Å². The number of aldehydes is 1. The van der Waals surface area contributed by atoms with Crippen molar-refractivity contribution in [3.63, 3.8) is 0 Å². The number of carbonyl (C=O) groups is 1. The van der Waals surface area contributed by atoms with Gasteiger partial charge in [0.05, 0.1) is 11.5 Å². The largest absolute Gasteiger partial charge is 0.395 e. The highest BCUT2D eigenvalue weighted by molar-refractivity contribution is 5.77. The van der Waals surface area contributed by atoms with Crippen LogP contribution in [0.1, 0.15) is 22.3 Å². The Kier molecular flexibility index (Phi) is 4.18. The fraction of sp³-hybridized carbons (Fsp3) is 0.182. The van der Waals surface area contributed by atoms with Crippen molar-refractivity contribution < 1.29 is 14.8 Å². The normalized spacial score (nSPS) is 9.06. The lowest BCUT2D eigenvalue weighted by Gasteiger charge is -1.96. The number of nitro benzene ring substituents is 1. The molecule has 0 saturated carbocycles. The second-order valence-corrected chi connectivity index (χ2v) is 2.93. The molecule has 0 radical (unpaired) electrons. The van der Waals surface area contributed by atoms with Crippen molar-refractivity contribution in [2.24, 2.45) is 0 Å². The van der Waals surface area contributed by atoms with Crippen molar-refractivity contribution in [2.45, 2.75) is 6.42 Å². The van der Waals surface area contributed by atoms with Crippen LogP contribution in [0.25, 0.3) is 0 Å². The summed E-state index contributed by atoms with van der Waals surface area (Å²) in [5.74, 6) is 5.17. The van der Waals surface area contributed by atoms with Crippen molar-refractivity contribution in [1.29, 1.82) is 0 Å². The molecule has 0 spiro atoms. The van der Waals surface area contributed by atoms with Crippen LogP contribution in [0.15, 0.2) is 18.2 Å². The molecule has 1 aromatic carbocycles. The maximum Gasteiger partial charge on any atom is 0.285 e. The molecule has 5 heteroatoms. The van der Waals surface area contributed by atoms with Crippen LogP contribution in [0, 0.1) is 22.0 Å². The first-order valence-electron chi connectivity index (χ1n) is 4.52. The van der Waals surface area contributed by atoms with Gasteiger partial charge in [-0.05, 0) is 12.1 Å². The molecular formula is C11H9NO4. The highest BCUT2D eigenvalue weighted by atomic mass is 16.6. The molecule has 0 aliphatic carbocycles. The second kappa shape index (κ2) is 5.63. The van der Waals surface area contributed by atoms with Crippen LogP contribution < -0.4 is 0 Å². The standard InChI is InChI=1S/C11H9NO4/c13-6-2-1-3-10-5-4-9(8-14)7-11(10)12(15)16/h4-5,7-8,13H,2,6H2. The van der Waals surface area contributed by atoms with Gasteiger partial charge < -0.3 is 5.11 Å². The Hall–Kier alpha value is -2.19. The summed E-state index contributed by atoms with van der Waals surface area (Å²) in [6.07, 6.45) is 0.796. The van der Waals surface area contributed by atoms with Crippen LogP contribution >= 0.6 is 0 Å². The zero-order valence-corrected chi connectivity index (χ0v) is 8.34. The van der Waals surface area contributed by atoms with E-state index in [4.69, 9.17) is 5.11 Å². The number of nitro groups is 1. The summed E-state index contributed by atoms with van der Waals surface area (Å²) < 4.78 is 0. The second-order valence-electron chi connectivity index (χ2n) is 2.93. The van der Waals surface area contributed by atoms with E-state index in [2.05, 4.69) is 11.8 Å². The number of aliphatic hydroxyl groups excluding tert-OH is 1. The quantitative estimate of drug-likeness (QED) is 0.358. The molecule has 0 aliphatic rings. The number of nitrogens with zero attached hydrogens (tertiary/aromatic N) is 1. The Bertz CT molecular complexity index is 471. The molecule has 0 unspecified atom stereocenters. The third kappa shape index (κ3) is 2.90. The zero-order valence-electron chi connectivity index (χ0n) is 8.34. The van der Waals surface area contributed by atoms with Crippen LogP contribution in [0.3, 0.4) is 0 Å². The Balaban J connectivity index is 3.14. The molecule has 0 saturated heterocycles. The van der Waals surface area contributed by atoms with Gasteiger partial charge in [0.1, 0.15) is 11.8 Å². The summed E-state index contributed by atoms with van der Waals surface area (Å²) in [4.78, 5) is 20.6. The molecule has 0 amide bonds. The van der Waals surface area contributed by atoms with Crippen LogP contribution in [0.5, 0.6) is 0 Å². The van der Waals surface area contributed by atoms with E-state index in [0.717, 1.165) is 0 Å². The minimum absolute atomic E-state index is 0.0901. The minimum Gasteiger partial charge on any atom is -0.395 e. The van der Waals surface area contributed by atoms with Crippen molar-refractivity contribution in [3.8, 4) is 11.8 Å². The lowest BCUT2D eigenvalue weighted by Crippen LogP contribution is -1.94. The van der Waals surface area contributed by atoms with Gasteiger partial charge in [-0.15, -0.1) is 0 Å². The van der Waals surface area contributed by atoms with Gasteiger partial charge in [-0.2, -0.15) is 0 Å². The van der Waals surface area contributed by atoms with Gasteiger partial charge in [-0.1, -0.05) is 11.8 Å². The van der Waals surface area contributed by atoms with E-state index in [-0.39, 0.29) is 29.8 Å². The van der Waals surface area contributed by atoms with E-state index in [0.29, 0.717) is 6.29 Å². The summed E-state index contributed by atoms with van der Waals surface area (Å²) in [5, 5.41) is 19.2. The Morgan fingerprint density at radius 1 is 1.50 bits per heavy atom. The van der Waals surface area contributed by atoms with Gasteiger partial charge in [-0.3, -0.25) is 14.9 Å². The maximum atomic E-state index is 10.7. The van der Waals surface area contributed by atoms with E-state index < -0.39 is 4.92 Å². The third-order valence-electron chi connectivity index (χ3n) is 1.81. The van der Waals surface area contributed by atoms with E-state index >= 15 is 0 Å². The highest BCUT2D eigenvalue weighted by Gasteiger charge is 2.12. The van der Waals surface area contributed by atoms with Gasteiger partial charge >= 0.3 is 0 Å². The van der Waals surface area contributed by atoms with Crippen molar-refractivity contribution in [2.75, 3.05) is 6.61 Å². The highest BCUT2D eigenvalue weighted by Crippen LogP contribution is 2.18. The summed E-state index contributed by atoms with van der Waals surface area (Å²) >= 11 is 0. The van der Waals surface area contributed by atoms with E-state index in [1.807, 2.05) is 0 Å². The van der Waals surface area contributed by atoms with Gasteiger partial charge in [0.2, 0.25) is 0 Å². The molecule has 0 heterocycles. The first kappa shape index (κ1) is 11.9. The summed E-state index contributed by atoms with van der Waals surface area (Å²) in [6.45, 7) is -0.0901. The first-order chi connectivity index (χ1) is 7.69. The molecule has 16 heavy (non-hydrogen) atoms. The number of carbonyl (C=O) groups excluding carboxylic acids is 1. The lowest BCUT2D eigenvalue weighted by molar-refractivity contribution is -0.385. The predicted octanol–water partition coefficient (Wildman–Crippen LogP) is 1.14. The Morgan fingerprint density at radius 3 is 2.81 bits per heavy atom. The molecule has 0 aromatic heterocycles. The average Bonchev–Trinajstić information content (AvgIpc) is 2.29. The smallest absolute Gasteiger partial charge is 0.285 e. The fourth-order valence-electron chi connectivity index (χ4n) is 1.09. The minimum atomic E-state index is -0.587. The molecule has 0 atom stereocenters. The summed E-state index contributed by atoms with van der Waals surface area (Å²) in [5.41, 5.74) is 0.276. The molecule has 0 aliphatic heterocycles. The fourth-order valence-corrected chi connectivity index (χ4v) is 1.09. The summed E-state index contributed by atoms with van der Waals surface area (Å²) in [6, 6.07) is 4.06. The molecule has 1 aromatic rings. The molecule has 5 nitrogen and oxygen atoms in total. The van der Waals surface area contributed by atoms with Gasteiger partial charge in [0.15, 0.2) is 0 Å². The van der Waals surface area contributed by atoms with Gasteiger partial charge in [0.25, 0.3) is 5.69 Å². The molecule has 1 rings (SSSR count). The number of hydrogen-bond donors (Lipinski definition) is 1. The molecule has 1 N–H and O–H groups in total. The lowest BCUT2D eigenvalue weighted by atomic mass is 10.1. The third-order valence-corrected chi connectivity index (χ3v) is 1.81. The number of benzene rings is 1. The average molecular weight is 219 g/mol. The molecule has 82 valence electrons. The zero-order chi connectivity index (χ0) is 12.0. The Labute approximate surface area is 91.9 Å². The Morgan fingerprint density at radius 2 is 2.25 bits per heavy atom. The number of rotatable bonds is 3. The van der Waals surface area contributed by atoms with E-state index in [1.165, 1.54) is 18.2 Å². The van der Waals surface area contributed by atoms with Crippen molar-refractivity contribution in [1.82, 2.24) is 0 Å². The first-order valence-corrected chi connectivity index (χ1v) is 4.52. The molecule has 0 bridgehead atoms. The monoisotopic (exact) mass is 219 g/mol. The number of hydrogen-bond acceptors (Lipinski definition) is 4. The van der Waals surface area contributed by atoms with E-state index in [9.17, 15) is 14.9 Å². The molecule has 0 fully saturated rings. The van der Waals surface area contributed by atoms with Gasteiger partial charge in [0, 0.05) is 18.1 Å². The predicted molar refractivity (Wildman–Crippen MR) is 57.1 cm³/mol. The summed E-state index contributed by atoms with van der Waals surface area (Å²) in [7, 11) is 0. The van der Waals surface area contributed by atoms with Crippen LogP contribution in [-0.4, -0.2) is 22.9 Å². The topological polar surface area (TPSA) is 80.4 Å². The maximum absolute atomic E-state index is 10.7. The van der Waals surface area contributed by atoms with Crippen molar-refractivity contribution >= 4 is 12.0 Å². The van der Waals surface area contributed by atoms with Crippen molar-refractivity contribution in [3.05, 3.63) is 39.4 Å². The SMILES string of the molecule is O=Cc1ccc(C#CCCO)c([N+](=O)[O-])c1. The van der Waals surface area contributed by atoms with Gasteiger partial charge in [-0.25, -0.2) is 0 Å².